The summed E-state index contributed by atoms with van der Waals surface area (Å²) in [5.41, 5.74) is 1.17. The quantitative estimate of drug-likeness (QED) is 0.536. The van der Waals surface area contributed by atoms with Crippen molar-refractivity contribution in [3.63, 3.8) is 0 Å². The molecular formula is C21H18F3N3O6. The Bertz CT molecular complexity index is 1080. The Labute approximate surface area is 185 Å². The van der Waals surface area contributed by atoms with Crippen LogP contribution in [-0.2, 0) is 20.9 Å². The molecule has 0 fully saturated rings. The molecule has 0 aliphatic carbocycles. The smallest absolute Gasteiger partial charge is 0.511 e. The number of benzene rings is 1. The van der Waals surface area contributed by atoms with Gasteiger partial charge in [-0.2, -0.15) is 0 Å². The van der Waals surface area contributed by atoms with Crippen molar-refractivity contribution in [2.24, 2.45) is 0 Å². The average Bonchev–Trinajstić information content (AvgIpc) is 2.74. The molecule has 3 N–H and O–H groups in total. The Balaban J connectivity index is 1.67. The van der Waals surface area contributed by atoms with Crippen LogP contribution in [0.5, 0.6) is 5.75 Å². The fourth-order valence-corrected chi connectivity index (χ4v) is 3.11. The number of amides is 2. The molecule has 0 saturated heterocycles. The van der Waals surface area contributed by atoms with E-state index in [4.69, 9.17) is 5.11 Å². The van der Waals surface area contributed by atoms with Crippen LogP contribution < -0.4 is 10.1 Å². The Morgan fingerprint density at radius 2 is 1.79 bits per heavy atom. The molecule has 1 aromatic carbocycles. The van der Waals surface area contributed by atoms with Gasteiger partial charge in [0.1, 0.15) is 23.6 Å². The van der Waals surface area contributed by atoms with Crippen molar-refractivity contribution in [1.29, 1.82) is 0 Å². The molecule has 0 saturated carbocycles. The molecule has 174 valence electrons. The summed E-state index contributed by atoms with van der Waals surface area (Å²) < 4.78 is 40.6. The summed E-state index contributed by atoms with van der Waals surface area (Å²) in [5.74, 6) is -3.80. The fraction of sp³-hybridized carbons (Fsp3) is 0.238. The number of hydrogen-bond donors (Lipinski definition) is 3. The standard InChI is InChI=1S/C21H18F3N3O6/c22-21(23,24)33-15-5-2-12(3-6-15)13-1-4-14(25-9-13)11-27-8-7-16(28)18(20(27)32)19(31)26-10-17(29)30/h1-6,9,28H,7-8,10-11H2,(H,26,31)(H,29,30). The number of nitrogens with one attached hydrogen (secondary N) is 1. The third kappa shape index (κ3) is 6.21. The van der Waals surface area contributed by atoms with E-state index in [9.17, 15) is 32.7 Å². The molecule has 0 spiro atoms. The molecule has 33 heavy (non-hydrogen) atoms. The normalized spacial score (nSPS) is 14.3. The summed E-state index contributed by atoms with van der Waals surface area (Å²) in [5, 5.41) is 20.6. The van der Waals surface area contributed by atoms with Crippen LogP contribution in [0.2, 0.25) is 0 Å². The summed E-state index contributed by atoms with van der Waals surface area (Å²) in [6.07, 6.45) is -3.28. The summed E-state index contributed by atoms with van der Waals surface area (Å²) in [6, 6.07) is 8.54. The number of carbonyl (C=O) groups excluding carboxylic acids is 2. The molecule has 12 heteroatoms. The SMILES string of the molecule is O=C(O)CNC(=O)C1=C(O)CCN(Cc2ccc(-c3ccc(OC(F)(F)F)cc3)cn2)C1=O. The van der Waals surface area contributed by atoms with Crippen LogP contribution >= 0.6 is 0 Å². The van der Waals surface area contributed by atoms with E-state index < -0.39 is 42.0 Å². The third-order valence-electron chi connectivity index (χ3n) is 4.63. The van der Waals surface area contributed by atoms with E-state index in [0.29, 0.717) is 16.8 Å². The highest BCUT2D eigenvalue weighted by molar-refractivity contribution is 6.19. The van der Waals surface area contributed by atoms with Crippen molar-refractivity contribution in [2.75, 3.05) is 13.1 Å². The van der Waals surface area contributed by atoms with Crippen LogP contribution in [0.3, 0.4) is 0 Å². The van der Waals surface area contributed by atoms with Crippen LogP contribution in [0.4, 0.5) is 13.2 Å². The first-order valence-electron chi connectivity index (χ1n) is 9.56. The van der Waals surface area contributed by atoms with Crippen molar-refractivity contribution in [2.45, 2.75) is 19.3 Å². The molecule has 1 aliphatic rings. The van der Waals surface area contributed by atoms with E-state index in [1.54, 1.807) is 12.1 Å². The maximum absolute atomic E-state index is 12.6. The molecule has 1 aromatic heterocycles. The second-order valence-corrected chi connectivity index (χ2v) is 6.99. The van der Waals surface area contributed by atoms with Crippen molar-refractivity contribution in [3.8, 4) is 16.9 Å². The van der Waals surface area contributed by atoms with E-state index >= 15 is 0 Å². The number of alkyl halides is 3. The molecule has 2 amide bonds. The van der Waals surface area contributed by atoms with Crippen LogP contribution in [0.15, 0.2) is 53.9 Å². The number of carboxylic acid groups (broad SMARTS) is 1. The molecule has 1 aliphatic heterocycles. The Hall–Kier alpha value is -4.09. The van der Waals surface area contributed by atoms with Gasteiger partial charge in [0.2, 0.25) is 0 Å². The predicted molar refractivity (Wildman–Crippen MR) is 107 cm³/mol. The first-order chi connectivity index (χ1) is 15.5. The maximum atomic E-state index is 12.6. The number of aliphatic carboxylic acids is 1. The summed E-state index contributed by atoms with van der Waals surface area (Å²) in [6.45, 7) is -0.542. The third-order valence-corrected chi connectivity index (χ3v) is 4.63. The topological polar surface area (TPSA) is 129 Å². The molecular weight excluding hydrogens is 447 g/mol. The molecule has 0 bridgehead atoms. The minimum atomic E-state index is -4.78. The van der Waals surface area contributed by atoms with Gasteiger partial charge in [0.05, 0.1) is 12.2 Å². The Morgan fingerprint density at radius 1 is 1.12 bits per heavy atom. The summed E-state index contributed by atoms with van der Waals surface area (Å²) in [4.78, 5) is 40.9. The first kappa shape index (κ1) is 23.6. The van der Waals surface area contributed by atoms with Gasteiger partial charge in [0.15, 0.2) is 0 Å². The lowest BCUT2D eigenvalue weighted by Crippen LogP contribution is -2.43. The minimum absolute atomic E-state index is 0.0198. The summed E-state index contributed by atoms with van der Waals surface area (Å²) in [7, 11) is 0. The number of carboxylic acids is 1. The van der Waals surface area contributed by atoms with E-state index in [-0.39, 0.29) is 25.3 Å². The number of pyridine rings is 1. The van der Waals surface area contributed by atoms with Gasteiger partial charge in [0.25, 0.3) is 11.8 Å². The summed E-state index contributed by atoms with van der Waals surface area (Å²) >= 11 is 0. The zero-order chi connectivity index (χ0) is 24.2. The largest absolute Gasteiger partial charge is 0.573 e. The van der Waals surface area contributed by atoms with Crippen LogP contribution in [-0.4, -0.2) is 57.3 Å². The zero-order valence-electron chi connectivity index (χ0n) is 16.9. The number of aromatic nitrogens is 1. The first-order valence-corrected chi connectivity index (χ1v) is 9.56. The highest BCUT2D eigenvalue weighted by atomic mass is 19.4. The maximum Gasteiger partial charge on any atom is 0.573 e. The van der Waals surface area contributed by atoms with E-state index in [2.05, 4.69) is 9.72 Å². The lowest BCUT2D eigenvalue weighted by atomic mass is 10.0. The van der Waals surface area contributed by atoms with Crippen LogP contribution in [0.25, 0.3) is 11.1 Å². The number of aliphatic hydroxyl groups excluding tert-OH is 1. The van der Waals surface area contributed by atoms with E-state index in [1.165, 1.54) is 35.4 Å². The Kier molecular flexibility index (Phi) is 6.85. The van der Waals surface area contributed by atoms with Crippen molar-refractivity contribution in [1.82, 2.24) is 15.2 Å². The second-order valence-electron chi connectivity index (χ2n) is 6.99. The molecule has 2 heterocycles. The van der Waals surface area contributed by atoms with Gasteiger partial charge in [-0.05, 0) is 23.8 Å². The molecule has 0 radical (unpaired) electrons. The molecule has 9 nitrogen and oxygen atoms in total. The number of ether oxygens (including phenoxy) is 1. The van der Waals surface area contributed by atoms with Crippen LogP contribution in [0, 0.1) is 0 Å². The number of halogens is 3. The number of rotatable bonds is 7. The zero-order valence-corrected chi connectivity index (χ0v) is 16.9. The monoisotopic (exact) mass is 465 g/mol. The minimum Gasteiger partial charge on any atom is -0.511 e. The van der Waals surface area contributed by atoms with Gasteiger partial charge < -0.3 is 25.2 Å². The molecule has 3 rings (SSSR count). The van der Waals surface area contributed by atoms with E-state index in [1.807, 2.05) is 5.32 Å². The number of carbonyl (C=O) groups is 3. The van der Waals surface area contributed by atoms with E-state index in [0.717, 1.165) is 0 Å². The highest BCUT2D eigenvalue weighted by Crippen LogP contribution is 2.26. The highest BCUT2D eigenvalue weighted by Gasteiger charge is 2.32. The fourth-order valence-electron chi connectivity index (χ4n) is 3.11. The number of hydrogen-bond acceptors (Lipinski definition) is 6. The number of nitrogens with zero attached hydrogens (tertiary/aromatic N) is 2. The van der Waals surface area contributed by atoms with Crippen LogP contribution in [0.1, 0.15) is 12.1 Å². The predicted octanol–water partition coefficient (Wildman–Crippen LogP) is 2.39. The average molecular weight is 465 g/mol. The number of aliphatic hydroxyl groups is 1. The van der Waals surface area contributed by atoms with Gasteiger partial charge in [-0.15, -0.1) is 13.2 Å². The van der Waals surface area contributed by atoms with Gasteiger partial charge in [-0.25, -0.2) is 0 Å². The lowest BCUT2D eigenvalue weighted by molar-refractivity contribution is -0.274. The Morgan fingerprint density at radius 3 is 2.36 bits per heavy atom. The van der Waals surface area contributed by atoms with Gasteiger partial charge in [0, 0.05) is 24.7 Å². The van der Waals surface area contributed by atoms with Gasteiger partial charge >= 0.3 is 12.3 Å². The van der Waals surface area contributed by atoms with Gasteiger partial charge in [-0.1, -0.05) is 18.2 Å². The van der Waals surface area contributed by atoms with Gasteiger partial charge in [-0.3, -0.25) is 19.4 Å². The molecule has 0 unspecified atom stereocenters. The van der Waals surface area contributed by atoms with Crippen molar-refractivity contribution < 1.29 is 42.5 Å². The lowest BCUT2D eigenvalue weighted by Gasteiger charge is -2.27. The second kappa shape index (κ2) is 9.59. The van der Waals surface area contributed by atoms with Crippen molar-refractivity contribution in [3.05, 3.63) is 59.6 Å². The molecule has 2 aromatic rings. The van der Waals surface area contributed by atoms with Crippen molar-refractivity contribution >= 4 is 17.8 Å². The molecule has 0 atom stereocenters.